The zero-order valence-electron chi connectivity index (χ0n) is 9.63. The van der Waals surface area contributed by atoms with E-state index in [9.17, 15) is 0 Å². The molecule has 1 aliphatic carbocycles. The third-order valence-corrected chi connectivity index (χ3v) is 4.52. The maximum Gasteiger partial charge on any atom is 0.175 e. The van der Waals surface area contributed by atoms with Crippen molar-refractivity contribution in [2.24, 2.45) is 5.41 Å². The van der Waals surface area contributed by atoms with E-state index in [1.807, 2.05) is 0 Å². The van der Waals surface area contributed by atoms with Crippen LogP contribution in [0.2, 0.25) is 0 Å². The lowest BCUT2D eigenvalue weighted by Crippen LogP contribution is -2.52. The lowest BCUT2D eigenvalue weighted by molar-refractivity contribution is -0.252. The second-order valence-electron chi connectivity index (χ2n) is 5.43. The van der Waals surface area contributed by atoms with Crippen molar-refractivity contribution in [3.63, 3.8) is 0 Å². The number of nitrogens with zero attached hydrogens (tertiary/aromatic N) is 1. The Morgan fingerprint density at radius 3 is 2.40 bits per heavy atom. The first kappa shape index (κ1) is 10.1. The molecule has 1 unspecified atom stereocenters. The highest BCUT2D eigenvalue weighted by Gasteiger charge is 2.58. The Balaban J connectivity index is 1.90. The van der Waals surface area contributed by atoms with Gasteiger partial charge in [0.05, 0.1) is 13.2 Å². The first-order valence-corrected chi connectivity index (χ1v) is 6.23. The van der Waals surface area contributed by atoms with Gasteiger partial charge in [0.15, 0.2) is 5.79 Å². The van der Waals surface area contributed by atoms with Crippen molar-refractivity contribution in [1.82, 2.24) is 4.90 Å². The monoisotopic (exact) mass is 211 g/mol. The van der Waals surface area contributed by atoms with Gasteiger partial charge in [0.25, 0.3) is 0 Å². The first-order valence-electron chi connectivity index (χ1n) is 6.23. The smallest absolute Gasteiger partial charge is 0.175 e. The summed E-state index contributed by atoms with van der Waals surface area (Å²) in [5.41, 5.74) is 0.302. The van der Waals surface area contributed by atoms with Crippen LogP contribution in [0.25, 0.3) is 0 Å². The van der Waals surface area contributed by atoms with Crippen molar-refractivity contribution in [3.8, 4) is 0 Å². The van der Waals surface area contributed by atoms with Crippen LogP contribution in [0.1, 0.15) is 32.1 Å². The van der Waals surface area contributed by atoms with Gasteiger partial charge in [-0.05, 0) is 32.9 Å². The van der Waals surface area contributed by atoms with Crippen molar-refractivity contribution in [1.29, 1.82) is 0 Å². The highest BCUT2D eigenvalue weighted by Crippen LogP contribution is 2.53. The number of rotatable bonds is 0. The molecule has 3 aliphatic rings. The summed E-state index contributed by atoms with van der Waals surface area (Å²) in [4.78, 5) is 2.43. The highest BCUT2D eigenvalue weighted by molar-refractivity contribution is 5.03. The molecule has 15 heavy (non-hydrogen) atoms. The van der Waals surface area contributed by atoms with Crippen LogP contribution in [0.4, 0.5) is 0 Å². The molecule has 2 spiro atoms. The lowest BCUT2D eigenvalue weighted by atomic mass is 9.68. The molecule has 86 valence electrons. The molecule has 0 aromatic rings. The zero-order valence-corrected chi connectivity index (χ0v) is 9.63. The van der Waals surface area contributed by atoms with Gasteiger partial charge in [-0.3, -0.25) is 0 Å². The summed E-state index contributed by atoms with van der Waals surface area (Å²) < 4.78 is 12.0. The van der Waals surface area contributed by atoms with E-state index in [0.717, 1.165) is 26.2 Å². The van der Waals surface area contributed by atoms with E-state index in [1.54, 1.807) is 0 Å². The average Bonchev–Trinajstić information content (AvgIpc) is 2.81. The quantitative estimate of drug-likeness (QED) is 0.608. The standard InChI is InChI=1S/C12H21NO2/c1-13-7-6-11(10-13)4-2-3-5-12(11)14-8-9-15-12/h2-10H2,1H3. The normalized spacial score (nSPS) is 40.6. The second kappa shape index (κ2) is 3.44. The molecule has 2 aliphatic heterocycles. The third kappa shape index (κ3) is 1.37. The highest BCUT2D eigenvalue weighted by atomic mass is 16.7. The van der Waals surface area contributed by atoms with Gasteiger partial charge in [-0.25, -0.2) is 0 Å². The van der Waals surface area contributed by atoms with Gasteiger partial charge in [0.1, 0.15) is 0 Å². The SMILES string of the molecule is CN1CCC2(CCCCC23OCCO3)C1. The Morgan fingerprint density at radius 2 is 1.73 bits per heavy atom. The maximum absolute atomic E-state index is 6.02. The topological polar surface area (TPSA) is 21.7 Å². The fourth-order valence-corrected chi connectivity index (χ4v) is 3.78. The Bertz CT molecular complexity index is 246. The Hall–Kier alpha value is -0.120. The summed E-state index contributed by atoms with van der Waals surface area (Å²) in [5, 5.41) is 0. The van der Waals surface area contributed by atoms with Crippen LogP contribution in [0, 0.1) is 5.41 Å². The molecule has 0 aromatic heterocycles. The molecule has 1 atom stereocenters. The van der Waals surface area contributed by atoms with Crippen LogP contribution < -0.4 is 0 Å². The van der Waals surface area contributed by atoms with Gasteiger partial charge >= 0.3 is 0 Å². The number of hydrogen-bond acceptors (Lipinski definition) is 3. The van der Waals surface area contributed by atoms with Crippen LogP contribution >= 0.6 is 0 Å². The number of ether oxygens (including phenoxy) is 2. The predicted octanol–water partition coefficient (Wildman–Crippen LogP) is 1.63. The van der Waals surface area contributed by atoms with Gasteiger partial charge in [-0.15, -0.1) is 0 Å². The van der Waals surface area contributed by atoms with Gasteiger partial charge in [-0.1, -0.05) is 6.42 Å². The molecule has 3 heteroatoms. The number of fused-ring (bicyclic) bond motifs is 1. The van der Waals surface area contributed by atoms with Crippen molar-refractivity contribution in [2.45, 2.75) is 37.9 Å². The molecular formula is C12H21NO2. The minimum Gasteiger partial charge on any atom is -0.347 e. The fourth-order valence-electron chi connectivity index (χ4n) is 3.78. The molecule has 2 saturated heterocycles. The van der Waals surface area contributed by atoms with Gasteiger partial charge in [-0.2, -0.15) is 0 Å². The van der Waals surface area contributed by atoms with Crippen molar-refractivity contribution in [2.75, 3.05) is 33.4 Å². The predicted molar refractivity (Wildman–Crippen MR) is 57.7 cm³/mol. The van der Waals surface area contributed by atoms with Crippen LogP contribution in [-0.4, -0.2) is 44.0 Å². The second-order valence-corrected chi connectivity index (χ2v) is 5.43. The van der Waals surface area contributed by atoms with Crippen molar-refractivity contribution in [3.05, 3.63) is 0 Å². The van der Waals surface area contributed by atoms with Gasteiger partial charge in [0, 0.05) is 18.4 Å². The van der Waals surface area contributed by atoms with Gasteiger partial charge < -0.3 is 14.4 Å². The summed E-state index contributed by atoms with van der Waals surface area (Å²) in [6.07, 6.45) is 6.27. The fraction of sp³-hybridized carbons (Fsp3) is 1.00. The van der Waals surface area contributed by atoms with Crippen LogP contribution in [0.3, 0.4) is 0 Å². The van der Waals surface area contributed by atoms with E-state index in [0.29, 0.717) is 5.41 Å². The van der Waals surface area contributed by atoms with Crippen molar-refractivity contribution < 1.29 is 9.47 Å². The molecular weight excluding hydrogens is 190 g/mol. The molecule has 0 aromatic carbocycles. The molecule has 0 radical (unpaired) electrons. The Morgan fingerprint density at radius 1 is 1.00 bits per heavy atom. The summed E-state index contributed by atoms with van der Waals surface area (Å²) in [5.74, 6) is -0.212. The largest absolute Gasteiger partial charge is 0.347 e. The van der Waals surface area contributed by atoms with E-state index < -0.39 is 0 Å². The number of likely N-dealkylation sites (tertiary alicyclic amines) is 1. The summed E-state index contributed by atoms with van der Waals surface area (Å²) in [6.45, 7) is 3.96. The Kier molecular flexibility index (Phi) is 2.31. The van der Waals surface area contributed by atoms with E-state index in [2.05, 4.69) is 11.9 Å². The average molecular weight is 211 g/mol. The van der Waals surface area contributed by atoms with E-state index >= 15 is 0 Å². The maximum atomic E-state index is 6.02. The Labute approximate surface area is 91.7 Å². The summed E-state index contributed by atoms with van der Waals surface area (Å²) >= 11 is 0. The molecule has 0 bridgehead atoms. The van der Waals surface area contributed by atoms with E-state index in [1.165, 1.54) is 32.2 Å². The van der Waals surface area contributed by atoms with Gasteiger partial charge in [0.2, 0.25) is 0 Å². The zero-order chi connectivity index (χ0) is 10.4. The van der Waals surface area contributed by atoms with E-state index in [4.69, 9.17) is 9.47 Å². The summed E-state index contributed by atoms with van der Waals surface area (Å²) in [7, 11) is 2.21. The lowest BCUT2D eigenvalue weighted by Gasteiger charge is -2.47. The molecule has 0 N–H and O–H groups in total. The van der Waals surface area contributed by atoms with Crippen LogP contribution in [0.5, 0.6) is 0 Å². The molecule has 3 fully saturated rings. The third-order valence-electron chi connectivity index (χ3n) is 4.52. The first-order chi connectivity index (χ1) is 7.27. The summed E-state index contributed by atoms with van der Waals surface area (Å²) in [6, 6.07) is 0. The molecule has 2 heterocycles. The van der Waals surface area contributed by atoms with Crippen LogP contribution in [0.15, 0.2) is 0 Å². The molecule has 1 saturated carbocycles. The van der Waals surface area contributed by atoms with Crippen molar-refractivity contribution >= 4 is 0 Å². The minimum absolute atomic E-state index is 0.212. The molecule has 3 nitrogen and oxygen atoms in total. The molecule has 0 amide bonds. The van der Waals surface area contributed by atoms with Crippen LogP contribution in [-0.2, 0) is 9.47 Å². The van der Waals surface area contributed by atoms with E-state index in [-0.39, 0.29) is 5.79 Å². The number of hydrogen-bond donors (Lipinski definition) is 0. The molecule has 3 rings (SSSR count). The minimum atomic E-state index is -0.212.